The second-order valence-corrected chi connectivity index (χ2v) is 3.90. The highest BCUT2D eigenvalue weighted by atomic mass is 35.5. The highest BCUT2D eigenvalue weighted by molar-refractivity contribution is 6.30. The van der Waals surface area contributed by atoms with E-state index < -0.39 is 0 Å². The minimum atomic E-state index is -0.293. The summed E-state index contributed by atoms with van der Waals surface area (Å²) in [7, 11) is 0. The van der Waals surface area contributed by atoms with E-state index in [-0.39, 0.29) is 5.91 Å². The molecule has 90 valence electrons. The van der Waals surface area contributed by atoms with Gasteiger partial charge in [-0.15, -0.1) is 0 Å². The summed E-state index contributed by atoms with van der Waals surface area (Å²) in [6.45, 7) is 0. The number of pyridine rings is 1. The normalized spacial score (nSPS) is 10.5. The quantitative estimate of drug-likeness (QED) is 0.680. The average molecular weight is 260 g/mol. The third-order valence-corrected chi connectivity index (χ3v) is 2.41. The number of halogens is 1. The van der Waals surface area contributed by atoms with Crippen LogP contribution in [-0.2, 0) is 0 Å². The number of carbonyl (C=O) groups excluding carboxylic acids is 1. The molecule has 1 heterocycles. The van der Waals surface area contributed by atoms with Crippen LogP contribution in [0.15, 0.2) is 53.8 Å². The van der Waals surface area contributed by atoms with Crippen LogP contribution in [0.25, 0.3) is 0 Å². The van der Waals surface area contributed by atoms with Crippen molar-refractivity contribution in [1.82, 2.24) is 10.4 Å². The molecule has 1 aromatic heterocycles. The van der Waals surface area contributed by atoms with Crippen LogP contribution < -0.4 is 5.43 Å². The van der Waals surface area contributed by atoms with Gasteiger partial charge >= 0.3 is 0 Å². The Bertz CT molecular complexity index is 552. The standard InChI is InChI=1S/C13H10ClN3O/c14-11-6-4-10(5-7-11)13(18)17-16-9-12-3-1-2-8-15-12/h1-9H,(H,17,18)/b16-9-. The number of hydrogen-bond acceptors (Lipinski definition) is 3. The van der Waals surface area contributed by atoms with Gasteiger partial charge in [0.1, 0.15) is 0 Å². The zero-order valence-electron chi connectivity index (χ0n) is 9.38. The van der Waals surface area contributed by atoms with Crippen LogP contribution in [0.5, 0.6) is 0 Å². The largest absolute Gasteiger partial charge is 0.271 e. The number of nitrogens with zero attached hydrogens (tertiary/aromatic N) is 2. The maximum Gasteiger partial charge on any atom is 0.271 e. The van der Waals surface area contributed by atoms with E-state index in [0.29, 0.717) is 16.3 Å². The van der Waals surface area contributed by atoms with Gasteiger partial charge in [0, 0.05) is 16.8 Å². The van der Waals surface area contributed by atoms with Gasteiger partial charge in [-0.1, -0.05) is 17.7 Å². The molecule has 0 aliphatic carbocycles. The Morgan fingerprint density at radius 2 is 2.00 bits per heavy atom. The summed E-state index contributed by atoms with van der Waals surface area (Å²) in [4.78, 5) is 15.7. The number of rotatable bonds is 3. The van der Waals surface area contributed by atoms with Gasteiger partial charge in [0.25, 0.3) is 5.91 Å². The number of hydrazone groups is 1. The summed E-state index contributed by atoms with van der Waals surface area (Å²) in [5.74, 6) is -0.293. The third kappa shape index (κ3) is 3.40. The molecule has 0 aliphatic rings. The lowest BCUT2D eigenvalue weighted by Gasteiger charge is -1.99. The molecule has 0 atom stereocenters. The first-order valence-electron chi connectivity index (χ1n) is 5.26. The molecule has 0 saturated heterocycles. The average Bonchev–Trinajstić information content (AvgIpc) is 2.40. The Labute approximate surface area is 109 Å². The molecule has 0 aliphatic heterocycles. The fourth-order valence-corrected chi connectivity index (χ4v) is 1.40. The Hall–Kier alpha value is -2.20. The van der Waals surface area contributed by atoms with Crippen molar-refractivity contribution in [3.63, 3.8) is 0 Å². The number of aromatic nitrogens is 1. The van der Waals surface area contributed by atoms with Gasteiger partial charge < -0.3 is 0 Å². The fraction of sp³-hybridized carbons (Fsp3) is 0. The van der Waals surface area contributed by atoms with Crippen LogP contribution in [0.2, 0.25) is 5.02 Å². The van der Waals surface area contributed by atoms with Crippen molar-refractivity contribution in [2.45, 2.75) is 0 Å². The van der Waals surface area contributed by atoms with Crippen LogP contribution in [0.3, 0.4) is 0 Å². The SMILES string of the molecule is O=C(N/N=C\c1ccccn1)c1ccc(Cl)cc1. The lowest BCUT2D eigenvalue weighted by molar-refractivity contribution is 0.0955. The first-order chi connectivity index (χ1) is 8.75. The second kappa shape index (κ2) is 5.93. The van der Waals surface area contributed by atoms with E-state index in [4.69, 9.17) is 11.6 Å². The molecule has 0 saturated carbocycles. The smallest absolute Gasteiger partial charge is 0.267 e. The minimum absolute atomic E-state index is 0.293. The zero-order chi connectivity index (χ0) is 12.8. The first-order valence-corrected chi connectivity index (χ1v) is 5.63. The Balaban J connectivity index is 1.96. The summed E-state index contributed by atoms with van der Waals surface area (Å²) in [5, 5.41) is 4.41. The molecule has 1 aromatic carbocycles. The molecule has 5 heteroatoms. The predicted molar refractivity (Wildman–Crippen MR) is 70.7 cm³/mol. The van der Waals surface area contributed by atoms with Gasteiger partial charge in [-0.05, 0) is 36.4 Å². The van der Waals surface area contributed by atoms with Crippen molar-refractivity contribution in [2.24, 2.45) is 5.10 Å². The summed E-state index contributed by atoms with van der Waals surface area (Å²) < 4.78 is 0. The Kier molecular flexibility index (Phi) is 4.04. The number of benzene rings is 1. The molecule has 0 bridgehead atoms. The summed E-state index contributed by atoms with van der Waals surface area (Å²) >= 11 is 5.73. The topological polar surface area (TPSA) is 54.4 Å². The summed E-state index contributed by atoms with van der Waals surface area (Å²) in [6, 6.07) is 12.0. The molecule has 0 unspecified atom stereocenters. The van der Waals surface area contributed by atoms with E-state index >= 15 is 0 Å². The monoisotopic (exact) mass is 259 g/mol. The van der Waals surface area contributed by atoms with Crippen LogP contribution in [-0.4, -0.2) is 17.1 Å². The number of carbonyl (C=O) groups is 1. The molecule has 2 aromatic rings. The predicted octanol–water partition coefficient (Wildman–Crippen LogP) is 2.50. The van der Waals surface area contributed by atoms with Crippen LogP contribution in [0, 0.1) is 0 Å². The first kappa shape index (κ1) is 12.3. The van der Waals surface area contributed by atoms with Gasteiger partial charge in [-0.2, -0.15) is 5.10 Å². The molecule has 0 radical (unpaired) electrons. The van der Waals surface area contributed by atoms with E-state index in [2.05, 4.69) is 15.5 Å². The van der Waals surface area contributed by atoms with Gasteiger partial charge in [-0.25, -0.2) is 5.43 Å². The highest BCUT2D eigenvalue weighted by Crippen LogP contribution is 2.09. The van der Waals surface area contributed by atoms with E-state index in [1.54, 1.807) is 36.5 Å². The lowest BCUT2D eigenvalue weighted by atomic mass is 10.2. The maximum atomic E-state index is 11.7. The highest BCUT2D eigenvalue weighted by Gasteiger charge is 2.02. The van der Waals surface area contributed by atoms with Crippen LogP contribution >= 0.6 is 11.6 Å². The molecule has 4 nitrogen and oxygen atoms in total. The molecule has 1 amide bonds. The lowest BCUT2D eigenvalue weighted by Crippen LogP contribution is -2.17. The van der Waals surface area contributed by atoms with Crippen molar-refractivity contribution in [3.8, 4) is 0 Å². The molecular formula is C13H10ClN3O. The number of nitrogens with one attached hydrogen (secondary N) is 1. The van der Waals surface area contributed by atoms with Crippen molar-refractivity contribution in [2.75, 3.05) is 0 Å². The fourth-order valence-electron chi connectivity index (χ4n) is 1.28. The zero-order valence-corrected chi connectivity index (χ0v) is 10.1. The van der Waals surface area contributed by atoms with Crippen molar-refractivity contribution < 1.29 is 4.79 Å². The van der Waals surface area contributed by atoms with E-state index in [1.807, 2.05) is 12.1 Å². The summed E-state index contributed by atoms with van der Waals surface area (Å²) in [5.41, 5.74) is 3.59. The molecule has 18 heavy (non-hydrogen) atoms. The van der Waals surface area contributed by atoms with E-state index in [9.17, 15) is 4.79 Å². The molecule has 0 fully saturated rings. The Morgan fingerprint density at radius 1 is 1.22 bits per heavy atom. The van der Waals surface area contributed by atoms with Gasteiger partial charge in [-0.3, -0.25) is 9.78 Å². The second-order valence-electron chi connectivity index (χ2n) is 3.46. The van der Waals surface area contributed by atoms with Crippen molar-refractivity contribution >= 4 is 23.7 Å². The maximum absolute atomic E-state index is 11.7. The molecule has 0 spiro atoms. The van der Waals surface area contributed by atoms with Crippen LogP contribution in [0.1, 0.15) is 16.1 Å². The van der Waals surface area contributed by atoms with Crippen molar-refractivity contribution in [1.29, 1.82) is 0 Å². The van der Waals surface area contributed by atoms with Crippen LogP contribution in [0.4, 0.5) is 0 Å². The van der Waals surface area contributed by atoms with Crippen molar-refractivity contribution in [3.05, 3.63) is 64.9 Å². The van der Waals surface area contributed by atoms with Gasteiger partial charge in [0.15, 0.2) is 0 Å². The minimum Gasteiger partial charge on any atom is -0.267 e. The number of hydrogen-bond donors (Lipinski definition) is 1. The molecule has 2 rings (SSSR count). The van der Waals surface area contributed by atoms with Gasteiger partial charge in [0.2, 0.25) is 0 Å². The summed E-state index contributed by atoms with van der Waals surface area (Å²) in [6.07, 6.45) is 3.14. The number of amides is 1. The molecular weight excluding hydrogens is 250 g/mol. The third-order valence-electron chi connectivity index (χ3n) is 2.16. The van der Waals surface area contributed by atoms with Gasteiger partial charge in [0.05, 0.1) is 11.9 Å². The van der Waals surface area contributed by atoms with E-state index in [1.165, 1.54) is 6.21 Å². The van der Waals surface area contributed by atoms with E-state index in [0.717, 1.165) is 0 Å². The Morgan fingerprint density at radius 3 is 2.67 bits per heavy atom. The molecule has 1 N–H and O–H groups in total.